The zero-order valence-electron chi connectivity index (χ0n) is 12.9. The first-order chi connectivity index (χ1) is 9.85. The van der Waals surface area contributed by atoms with Crippen LogP contribution < -0.4 is 16.0 Å². The van der Waals surface area contributed by atoms with Crippen molar-refractivity contribution in [1.82, 2.24) is 10.3 Å². The van der Waals surface area contributed by atoms with E-state index in [9.17, 15) is 4.79 Å². The molecule has 1 saturated heterocycles. The van der Waals surface area contributed by atoms with Crippen LogP contribution in [0.25, 0.3) is 0 Å². The first-order valence-corrected chi connectivity index (χ1v) is 7.30. The molecule has 1 amide bonds. The molecular weight excluding hydrogens is 268 g/mol. The van der Waals surface area contributed by atoms with Gasteiger partial charge in [-0.15, -0.1) is 0 Å². The molecule has 1 aromatic rings. The highest BCUT2D eigenvalue weighted by molar-refractivity contribution is 5.68. The number of carbonyl (C=O) groups is 1. The molecule has 6 nitrogen and oxygen atoms in total. The highest BCUT2D eigenvalue weighted by Crippen LogP contribution is 2.24. The number of ether oxygens (including phenoxy) is 1. The van der Waals surface area contributed by atoms with Gasteiger partial charge in [0.25, 0.3) is 0 Å². The lowest BCUT2D eigenvalue weighted by atomic mass is 10.0. The summed E-state index contributed by atoms with van der Waals surface area (Å²) in [5, 5.41) is 2.93. The number of nitrogen functional groups attached to an aromatic ring is 1. The van der Waals surface area contributed by atoms with E-state index in [1.54, 1.807) is 6.20 Å². The van der Waals surface area contributed by atoms with Crippen LogP contribution in [-0.2, 0) is 4.74 Å². The molecule has 0 bridgehead atoms. The maximum atomic E-state index is 11.8. The molecule has 1 aromatic heterocycles. The number of nitrogens with one attached hydrogen (secondary N) is 1. The topological polar surface area (TPSA) is 80.5 Å². The van der Waals surface area contributed by atoms with Crippen molar-refractivity contribution in [3.63, 3.8) is 0 Å². The van der Waals surface area contributed by atoms with E-state index in [0.717, 1.165) is 31.6 Å². The molecule has 2 heterocycles. The van der Waals surface area contributed by atoms with Crippen molar-refractivity contribution >= 4 is 17.6 Å². The molecule has 3 N–H and O–H groups in total. The minimum atomic E-state index is -0.463. The van der Waals surface area contributed by atoms with E-state index in [1.165, 1.54) is 0 Å². The third kappa shape index (κ3) is 4.51. The van der Waals surface area contributed by atoms with Gasteiger partial charge in [0.05, 0.1) is 5.69 Å². The van der Waals surface area contributed by atoms with Crippen molar-refractivity contribution < 1.29 is 9.53 Å². The Morgan fingerprint density at radius 1 is 1.43 bits per heavy atom. The van der Waals surface area contributed by atoms with Crippen LogP contribution in [-0.4, -0.2) is 35.8 Å². The number of aromatic nitrogens is 1. The van der Waals surface area contributed by atoms with E-state index in [1.807, 2.05) is 32.9 Å². The summed E-state index contributed by atoms with van der Waals surface area (Å²) in [4.78, 5) is 18.1. The summed E-state index contributed by atoms with van der Waals surface area (Å²) < 4.78 is 5.28. The number of anilines is 2. The Hall–Kier alpha value is -1.98. The van der Waals surface area contributed by atoms with Crippen LogP contribution in [0, 0.1) is 0 Å². The number of pyridine rings is 1. The first kappa shape index (κ1) is 15.4. The van der Waals surface area contributed by atoms with Crippen molar-refractivity contribution in [2.75, 3.05) is 23.7 Å². The smallest absolute Gasteiger partial charge is 0.407 e. The van der Waals surface area contributed by atoms with E-state index < -0.39 is 5.60 Å². The summed E-state index contributed by atoms with van der Waals surface area (Å²) in [6.45, 7) is 7.27. The van der Waals surface area contributed by atoms with Gasteiger partial charge >= 0.3 is 6.09 Å². The standard InChI is InChI=1S/C15H24N4O2/c1-15(2,3)21-14(20)18-11-6-9-19(10-7-11)12-5-4-8-17-13(12)16/h4-5,8,11H,6-7,9-10H2,1-3H3,(H2,16,17)(H,18,20). The van der Waals surface area contributed by atoms with Crippen LogP contribution >= 0.6 is 0 Å². The lowest BCUT2D eigenvalue weighted by Crippen LogP contribution is -2.46. The summed E-state index contributed by atoms with van der Waals surface area (Å²) in [5.41, 5.74) is 6.40. The van der Waals surface area contributed by atoms with Gasteiger partial charge in [0.15, 0.2) is 0 Å². The van der Waals surface area contributed by atoms with E-state index in [2.05, 4.69) is 15.2 Å². The Morgan fingerprint density at radius 2 is 2.10 bits per heavy atom. The Bertz CT molecular complexity index is 491. The highest BCUT2D eigenvalue weighted by atomic mass is 16.6. The second kappa shape index (κ2) is 6.20. The van der Waals surface area contributed by atoms with Gasteiger partial charge in [-0.05, 0) is 45.7 Å². The monoisotopic (exact) mass is 292 g/mol. The van der Waals surface area contributed by atoms with Crippen LogP contribution in [0.1, 0.15) is 33.6 Å². The molecule has 2 rings (SSSR count). The number of hydrogen-bond donors (Lipinski definition) is 2. The molecule has 21 heavy (non-hydrogen) atoms. The molecule has 0 unspecified atom stereocenters. The van der Waals surface area contributed by atoms with Gasteiger partial charge in [-0.3, -0.25) is 0 Å². The Labute approximate surface area is 125 Å². The van der Waals surface area contributed by atoms with Crippen molar-refractivity contribution in [3.05, 3.63) is 18.3 Å². The summed E-state index contributed by atoms with van der Waals surface area (Å²) in [6.07, 6.45) is 3.08. The second-order valence-electron chi connectivity index (χ2n) is 6.32. The van der Waals surface area contributed by atoms with Crippen molar-refractivity contribution in [3.8, 4) is 0 Å². The van der Waals surface area contributed by atoms with Gasteiger partial charge in [0.1, 0.15) is 11.4 Å². The fraction of sp³-hybridized carbons (Fsp3) is 0.600. The number of rotatable bonds is 2. The molecular formula is C15H24N4O2. The third-order valence-corrected chi connectivity index (χ3v) is 3.37. The lowest BCUT2D eigenvalue weighted by molar-refractivity contribution is 0.0497. The Balaban J connectivity index is 1.84. The SMILES string of the molecule is CC(C)(C)OC(=O)NC1CCN(c2cccnc2N)CC1. The number of piperidine rings is 1. The van der Waals surface area contributed by atoms with Crippen LogP contribution in [0.15, 0.2) is 18.3 Å². The van der Waals surface area contributed by atoms with Gasteiger partial charge in [-0.25, -0.2) is 9.78 Å². The number of nitrogens with zero attached hydrogens (tertiary/aromatic N) is 2. The van der Waals surface area contributed by atoms with E-state index >= 15 is 0 Å². The van der Waals surface area contributed by atoms with Gasteiger partial charge in [0.2, 0.25) is 0 Å². The first-order valence-electron chi connectivity index (χ1n) is 7.30. The molecule has 0 radical (unpaired) electrons. The predicted molar refractivity (Wildman–Crippen MR) is 83.3 cm³/mol. The number of hydrogen-bond acceptors (Lipinski definition) is 5. The Morgan fingerprint density at radius 3 is 2.67 bits per heavy atom. The van der Waals surface area contributed by atoms with Crippen molar-refractivity contribution in [1.29, 1.82) is 0 Å². The molecule has 116 valence electrons. The zero-order chi connectivity index (χ0) is 15.5. The quantitative estimate of drug-likeness (QED) is 0.873. The average molecular weight is 292 g/mol. The van der Waals surface area contributed by atoms with Gasteiger partial charge in [-0.1, -0.05) is 0 Å². The van der Waals surface area contributed by atoms with Crippen molar-refractivity contribution in [2.45, 2.75) is 45.3 Å². The molecule has 1 fully saturated rings. The second-order valence-corrected chi connectivity index (χ2v) is 6.32. The fourth-order valence-electron chi connectivity index (χ4n) is 2.42. The Kier molecular flexibility index (Phi) is 4.55. The molecule has 0 aliphatic carbocycles. The minimum Gasteiger partial charge on any atom is -0.444 e. The van der Waals surface area contributed by atoms with Gasteiger partial charge in [0, 0.05) is 25.3 Å². The maximum Gasteiger partial charge on any atom is 0.407 e. The van der Waals surface area contributed by atoms with Crippen LogP contribution in [0.4, 0.5) is 16.3 Å². The molecule has 1 aliphatic heterocycles. The number of nitrogens with two attached hydrogens (primary N) is 1. The van der Waals surface area contributed by atoms with E-state index in [-0.39, 0.29) is 12.1 Å². The lowest BCUT2D eigenvalue weighted by Gasteiger charge is -2.34. The zero-order valence-corrected chi connectivity index (χ0v) is 12.9. The summed E-state index contributed by atoms with van der Waals surface area (Å²) in [7, 11) is 0. The average Bonchev–Trinajstić information content (AvgIpc) is 2.38. The van der Waals surface area contributed by atoms with E-state index in [0.29, 0.717) is 5.82 Å². The van der Waals surface area contributed by atoms with E-state index in [4.69, 9.17) is 10.5 Å². The third-order valence-electron chi connectivity index (χ3n) is 3.37. The number of carbonyl (C=O) groups excluding carboxylic acids is 1. The van der Waals surface area contributed by atoms with Crippen LogP contribution in [0.2, 0.25) is 0 Å². The predicted octanol–water partition coefficient (Wildman–Crippen LogP) is 2.16. The molecule has 6 heteroatoms. The fourth-order valence-corrected chi connectivity index (χ4v) is 2.42. The largest absolute Gasteiger partial charge is 0.444 e. The molecule has 0 saturated carbocycles. The molecule has 0 aromatic carbocycles. The number of alkyl carbamates (subject to hydrolysis) is 1. The van der Waals surface area contributed by atoms with Gasteiger partial charge in [-0.2, -0.15) is 0 Å². The minimum absolute atomic E-state index is 0.147. The van der Waals surface area contributed by atoms with Crippen LogP contribution in [0.3, 0.4) is 0 Å². The highest BCUT2D eigenvalue weighted by Gasteiger charge is 2.24. The molecule has 0 spiro atoms. The summed E-state index contributed by atoms with van der Waals surface area (Å²) >= 11 is 0. The molecule has 1 aliphatic rings. The van der Waals surface area contributed by atoms with Crippen LogP contribution in [0.5, 0.6) is 0 Å². The van der Waals surface area contributed by atoms with Crippen molar-refractivity contribution in [2.24, 2.45) is 0 Å². The normalized spacial score (nSPS) is 16.6. The summed E-state index contributed by atoms with van der Waals surface area (Å²) in [5.74, 6) is 0.552. The molecule has 0 atom stereocenters. The summed E-state index contributed by atoms with van der Waals surface area (Å²) in [6, 6.07) is 4.01. The van der Waals surface area contributed by atoms with Gasteiger partial charge < -0.3 is 20.7 Å². The maximum absolute atomic E-state index is 11.8. The number of amides is 1.